The molecule has 0 saturated carbocycles. The van der Waals surface area contributed by atoms with Gasteiger partial charge in [0.25, 0.3) is 5.91 Å². The molecule has 0 saturated heterocycles. The molecule has 2 N–H and O–H groups in total. The second-order valence-electron chi connectivity index (χ2n) is 6.31. The minimum atomic E-state index is -0.338. The third kappa shape index (κ3) is 5.58. The van der Waals surface area contributed by atoms with Gasteiger partial charge in [-0.1, -0.05) is 47.6 Å². The normalized spacial score (nSPS) is 11.7. The van der Waals surface area contributed by atoms with E-state index in [-0.39, 0.29) is 23.6 Å². The number of carbonyl (C=O) groups is 2. The molecule has 2 aromatic carbocycles. The van der Waals surface area contributed by atoms with E-state index >= 15 is 0 Å². The number of amides is 2. The number of anilines is 1. The van der Waals surface area contributed by atoms with E-state index in [9.17, 15) is 9.59 Å². The van der Waals surface area contributed by atoms with Crippen molar-refractivity contribution in [1.82, 2.24) is 20.1 Å². The molecule has 0 spiro atoms. The molecule has 1 aromatic heterocycles. The van der Waals surface area contributed by atoms with Crippen molar-refractivity contribution < 1.29 is 9.59 Å². The van der Waals surface area contributed by atoms with Crippen molar-refractivity contribution in [3.05, 3.63) is 71.0 Å². The summed E-state index contributed by atoms with van der Waals surface area (Å²) in [5.74, 6) is 0.416. The molecule has 150 valence electrons. The highest BCUT2D eigenvalue weighted by Crippen LogP contribution is 2.20. The first-order valence-electron chi connectivity index (χ1n) is 8.87. The minimum Gasteiger partial charge on any atom is -0.342 e. The topological polar surface area (TPSA) is 88.9 Å². The van der Waals surface area contributed by atoms with E-state index in [1.54, 1.807) is 48.0 Å². The minimum absolute atomic E-state index is 0.170. The Bertz CT molecular complexity index is 1010. The third-order valence-electron chi connectivity index (χ3n) is 4.08. The standard InChI is InChI=1S/C20H20ClN5O2S/c1-13(22-19(28)14-7-4-3-5-8-14)18-24-25-20(26(18)2)29-12-17(27)23-16-10-6-9-15(21)11-16/h3-11,13H,12H2,1-2H3,(H,22,28)(H,23,27)/t13-/m1/s1. The van der Waals surface area contributed by atoms with E-state index in [1.165, 1.54) is 11.8 Å². The highest BCUT2D eigenvalue weighted by molar-refractivity contribution is 7.99. The van der Waals surface area contributed by atoms with Crippen molar-refractivity contribution in [1.29, 1.82) is 0 Å². The maximum Gasteiger partial charge on any atom is 0.251 e. The number of carbonyl (C=O) groups excluding carboxylic acids is 2. The zero-order valence-electron chi connectivity index (χ0n) is 15.9. The molecular formula is C20H20ClN5O2S. The lowest BCUT2D eigenvalue weighted by Gasteiger charge is -2.13. The van der Waals surface area contributed by atoms with Crippen LogP contribution in [0.2, 0.25) is 5.02 Å². The molecular weight excluding hydrogens is 410 g/mol. The van der Waals surface area contributed by atoms with Crippen LogP contribution < -0.4 is 10.6 Å². The van der Waals surface area contributed by atoms with E-state index in [4.69, 9.17) is 11.6 Å². The van der Waals surface area contributed by atoms with Gasteiger partial charge in [-0.3, -0.25) is 9.59 Å². The van der Waals surface area contributed by atoms with E-state index in [2.05, 4.69) is 20.8 Å². The van der Waals surface area contributed by atoms with Gasteiger partial charge in [0.15, 0.2) is 11.0 Å². The van der Waals surface area contributed by atoms with Gasteiger partial charge in [0, 0.05) is 23.3 Å². The quantitative estimate of drug-likeness (QED) is 0.559. The molecule has 2 amide bonds. The Balaban J connectivity index is 1.57. The van der Waals surface area contributed by atoms with Crippen LogP contribution in [0.4, 0.5) is 5.69 Å². The summed E-state index contributed by atoms with van der Waals surface area (Å²) in [6.07, 6.45) is 0. The van der Waals surface area contributed by atoms with Crippen molar-refractivity contribution in [2.45, 2.75) is 18.1 Å². The van der Waals surface area contributed by atoms with Gasteiger partial charge in [0.1, 0.15) is 0 Å². The van der Waals surface area contributed by atoms with Crippen molar-refractivity contribution >= 4 is 40.9 Å². The molecule has 0 fully saturated rings. The number of aromatic nitrogens is 3. The highest BCUT2D eigenvalue weighted by Gasteiger charge is 2.19. The van der Waals surface area contributed by atoms with Crippen molar-refractivity contribution in [3.63, 3.8) is 0 Å². The first-order valence-corrected chi connectivity index (χ1v) is 10.2. The third-order valence-corrected chi connectivity index (χ3v) is 5.34. The Morgan fingerprint density at radius 1 is 1.14 bits per heavy atom. The average molecular weight is 430 g/mol. The fourth-order valence-corrected chi connectivity index (χ4v) is 3.56. The number of nitrogens with one attached hydrogen (secondary N) is 2. The van der Waals surface area contributed by atoms with Crippen LogP contribution in [0.25, 0.3) is 0 Å². The molecule has 0 bridgehead atoms. The smallest absolute Gasteiger partial charge is 0.251 e. The summed E-state index contributed by atoms with van der Waals surface area (Å²) in [4.78, 5) is 24.5. The first-order chi connectivity index (χ1) is 13.9. The summed E-state index contributed by atoms with van der Waals surface area (Å²) in [6, 6.07) is 15.6. The van der Waals surface area contributed by atoms with Crippen molar-refractivity contribution in [2.75, 3.05) is 11.1 Å². The van der Waals surface area contributed by atoms with Gasteiger partial charge in [-0.15, -0.1) is 10.2 Å². The Morgan fingerprint density at radius 3 is 2.62 bits per heavy atom. The lowest BCUT2D eigenvalue weighted by Crippen LogP contribution is -2.28. The molecule has 7 nitrogen and oxygen atoms in total. The van der Waals surface area contributed by atoms with Gasteiger partial charge in [0.05, 0.1) is 11.8 Å². The number of halogens is 1. The predicted octanol–water partition coefficient (Wildman–Crippen LogP) is 3.69. The van der Waals surface area contributed by atoms with E-state index < -0.39 is 0 Å². The molecule has 1 atom stereocenters. The van der Waals surface area contributed by atoms with Crippen LogP contribution in [0, 0.1) is 0 Å². The van der Waals surface area contributed by atoms with Gasteiger partial charge in [-0.25, -0.2) is 0 Å². The monoisotopic (exact) mass is 429 g/mol. The van der Waals surface area contributed by atoms with Crippen LogP contribution in [0.1, 0.15) is 29.1 Å². The van der Waals surface area contributed by atoms with Gasteiger partial charge in [-0.2, -0.15) is 0 Å². The summed E-state index contributed by atoms with van der Waals surface area (Å²) in [7, 11) is 1.80. The Kier molecular flexibility index (Phi) is 6.90. The van der Waals surface area contributed by atoms with Crippen LogP contribution in [-0.4, -0.2) is 32.3 Å². The maximum atomic E-state index is 12.3. The fourth-order valence-electron chi connectivity index (χ4n) is 2.66. The summed E-state index contributed by atoms with van der Waals surface area (Å²) in [5.41, 5.74) is 1.22. The van der Waals surface area contributed by atoms with Gasteiger partial charge >= 0.3 is 0 Å². The summed E-state index contributed by atoms with van der Waals surface area (Å²) < 4.78 is 1.77. The SMILES string of the molecule is C[C@@H](NC(=O)c1ccccc1)c1nnc(SCC(=O)Nc2cccc(Cl)c2)n1C. The fraction of sp³-hybridized carbons (Fsp3) is 0.200. The molecule has 0 aliphatic rings. The van der Waals surface area contributed by atoms with E-state index in [0.29, 0.717) is 27.3 Å². The van der Waals surface area contributed by atoms with Gasteiger partial charge in [0.2, 0.25) is 5.91 Å². The first kappa shape index (κ1) is 20.9. The van der Waals surface area contributed by atoms with E-state index in [1.807, 2.05) is 25.1 Å². The molecule has 0 radical (unpaired) electrons. The number of nitrogens with zero attached hydrogens (tertiary/aromatic N) is 3. The van der Waals surface area contributed by atoms with Crippen LogP contribution in [0.3, 0.4) is 0 Å². The second kappa shape index (κ2) is 9.58. The summed E-state index contributed by atoms with van der Waals surface area (Å²) >= 11 is 7.19. The molecule has 0 unspecified atom stereocenters. The number of benzene rings is 2. The highest BCUT2D eigenvalue weighted by atomic mass is 35.5. The van der Waals surface area contributed by atoms with Crippen LogP contribution >= 0.6 is 23.4 Å². The van der Waals surface area contributed by atoms with Crippen molar-refractivity contribution in [3.8, 4) is 0 Å². The molecule has 0 aliphatic carbocycles. The Hall–Kier alpha value is -2.84. The summed E-state index contributed by atoms with van der Waals surface area (Å²) in [5, 5.41) is 15.1. The predicted molar refractivity (Wildman–Crippen MR) is 114 cm³/mol. The van der Waals surface area contributed by atoms with Crippen LogP contribution in [-0.2, 0) is 11.8 Å². The van der Waals surface area contributed by atoms with Gasteiger partial charge < -0.3 is 15.2 Å². The summed E-state index contributed by atoms with van der Waals surface area (Å²) in [6.45, 7) is 1.84. The Labute approximate surface area is 177 Å². The number of hydrogen-bond donors (Lipinski definition) is 2. The zero-order valence-corrected chi connectivity index (χ0v) is 17.5. The van der Waals surface area contributed by atoms with Crippen LogP contribution in [0.15, 0.2) is 59.8 Å². The largest absolute Gasteiger partial charge is 0.342 e. The Morgan fingerprint density at radius 2 is 1.90 bits per heavy atom. The second-order valence-corrected chi connectivity index (χ2v) is 7.69. The molecule has 3 aromatic rings. The molecule has 29 heavy (non-hydrogen) atoms. The number of hydrogen-bond acceptors (Lipinski definition) is 5. The molecule has 3 rings (SSSR count). The lowest BCUT2D eigenvalue weighted by molar-refractivity contribution is -0.113. The van der Waals surface area contributed by atoms with E-state index in [0.717, 1.165) is 0 Å². The maximum absolute atomic E-state index is 12.3. The molecule has 9 heteroatoms. The molecule has 1 heterocycles. The lowest BCUT2D eigenvalue weighted by atomic mass is 10.2. The molecule has 0 aliphatic heterocycles. The zero-order chi connectivity index (χ0) is 20.8. The van der Waals surface area contributed by atoms with Crippen LogP contribution in [0.5, 0.6) is 0 Å². The number of rotatable bonds is 7. The average Bonchev–Trinajstić information content (AvgIpc) is 3.07. The number of thioether (sulfide) groups is 1. The van der Waals surface area contributed by atoms with Gasteiger partial charge in [-0.05, 0) is 37.3 Å². The van der Waals surface area contributed by atoms with Crippen molar-refractivity contribution in [2.24, 2.45) is 7.05 Å².